The van der Waals surface area contributed by atoms with E-state index < -0.39 is 0 Å². The first kappa shape index (κ1) is 16.9. The highest BCUT2D eigenvalue weighted by Crippen LogP contribution is 2.23. The maximum Gasteiger partial charge on any atom is 0.227 e. The van der Waals surface area contributed by atoms with Crippen LogP contribution in [0.5, 0.6) is 0 Å². The zero-order valence-corrected chi connectivity index (χ0v) is 15.9. The molecule has 0 spiro atoms. The van der Waals surface area contributed by atoms with Gasteiger partial charge in [-0.05, 0) is 36.8 Å². The third-order valence-corrected chi connectivity index (χ3v) is 5.60. The van der Waals surface area contributed by atoms with Crippen LogP contribution in [0.15, 0.2) is 48.7 Å². The molecule has 142 valence electrons. The molecule has 4 aromatic rings. The SMILES string of the molecule is Cc1nc2ccc(N3CCN(C(=O)Cc4c[nH]c5ccccc45)CC3)cc2[nH]1. The van der Waals surface area contributed by atoms with Gasteiger partial charge in [0.15, 0.2) is 0 Å². The van der Waals surface area contributed by atoms with Crippen molar-refractivity contribution in [2.24, 2.45) is 0 Å². The molecule has 0 bridgehead atoms. The van der Waals surface area contributed by atoms with Crippen molar-refractivity contribution >= 4 is 33.5 Å². The summed E-state index contributed by atoms with van der Waals surface area (Å²) in [6, 6.07) is 14.5. The number of hydrogen-bond acceptors (Lipinski definition) is 3. The molecular formula is C22H23N5O. The van der Waals surface area contributed by atoms with Crippen LogP contribution in [0.3, 0.4) is 0 Å². The molecule has 1 aliphatic rings. The minimum absolute atomic E-state index is 0.198. The largest absolute Gasteiger partial charge is 0.368 e. The summed E-state index contributed by atoms with van der Waals surface area (Å²) in [6.07, 6.45) is 2.41. The van der Waals surface area contributed by atoms with E-state index in [-0.39, 0.29) is 5.91 Å². The number of carbonyl (C=O) groups is 1. The summed E-state index contributed by atoms with van der Waals surface area (Å²) in [5, 5.41) is 1.14. The van der Waals surface area contributed by atoms with Crippen molar-refractivity contribution in [3.05, 3.63) is 60.0 Å². The molecule has 0 radical (unpaired) electrons. The summed E-state index contributed by atoms with van der Waals surface area (Å²) >= 11 is 0. The third-order valence-electron chi connectivity index (χ3n) is 5.60. The number of aromatic amines is 2. The number of H-pyrrole nitrogens is 2. The van der Waals surface area contributed by atoms with Crippen molar-refractivity contribution in [2.45, 2.75) is 13.3 Å². The van der Waals surface area contributed by atoms with Gasteiger partial charge in [-0.2, -0.15) is 0 Å². The van der Waals surface area contributed by atoms with Gasteiger partial charge >= 0.3 is 0 Å². The fraction of sp³-hybridized carbons (Fsp3) is 0.273. The number of aromatic nitrogens is 3. The van der Waals surface area contributed by atoms with Crippen molar-refractivity contribution in [3.8, 4) is 0 Å². The highest BCUT2D eigenvalue weighted by molar-refractivity contribution is 5.89. The lowest BCUT2D eigenvalue weighted by molar-refractivity contribution is -0.130. The van der Waals surface area contributed by atoms with Gasteiger partial charge in [0.05, 0.1) is 17.5 Å². The predicted octanol–water partition coefficient (Wildman–Crippen LogP) is 3.24. The Hall–Kier alpha value is -3.28. The molecule has 28 heavy (non-hydrogen) atoms. The summed E-state index contributed by atoms with van der Waals surface area (Å²) < 4.78 is 0. The first-order valence-corrected chi connectivity index (χ1v) is 9.71. The number of anilines is 1. The van der Waals surface area contributed by atoms with E-state index in [4.69, 9.17) is 0 Å². The third kappa shape index (κ3) is 3.01. The van der Waals surface area contributed by atoms with E-state index >= 15 is 0 Å². The van der Waals surface area contributed by atoms with Crippen LogP contribution < -0.4 is 4.90 Å². The molecule has 1 saturated heterocycles. The van der Waals surface area contributed by atoms with Gasteiger partial charge in [-0.3, -0.25) is 4.79 Å². The molecule has 6 heteroatoms. The predicted molar refractivity (Wildman–Crippen MR) is 112 cm³/mol. The van der Waals surface area contributed by atoms with E-state index in [1.165, 1.54) is 5.69 Å². The Labute approximate surface area is 163 Å². The van der Waals surface area contributed by atoms with Gasteiger partial charge in [0.1, 0.15) is 5.82 Å². The molecule has 0 aliphatic carbocycles. The van der Waals surface area contributed by atoms with Crippen molar-refractivity contribution in [3.63, 3.8) is 0 Å². The average Bonchev–Trinajstić information content (AvgIpc) is 3.30. The van der Waals surface area contributed by atoms with E-state index in [1.54, 1.807) is 0 Å². The number of nitrogens with one attached hydrogen (secondary N) is 2. The average molecular weight is 373 g/mol. The molecule has 6 nitrogen and oxygen atoms in total. The first-order chi connectivity index (χ1) is 13.7. The highest BCUT2D eigenvalue weighted by Gasteiger charge is 2.22. The summed E-state index contributed by atoms with van der Waals surface area (Å²) in [6.45, 7) is 5.16. The monoisotopic (exact) mass is 373 g/mol. The first-order valence-electron chi connectivity index (χ1n) is 9.71. The van der Waals surface area contributed by atoms with Crippen molar-refractivity contribution in [2.75, 3.05) is 31.1 Å². The molecule has 0 atom stereocenters. The minimum Gasteiger partial charge on any atom is -0.368 e. The van der Waals surface area contributed by atoms with Gasteiger partial charge < -0.3 is 19.8 Å². The molecule has 2 aromatic heterocycles. The van der Waals surface area contributed by atoms with Gasteiger partial charge in [-0.25, -0.2) is 4.98 Å². The molecule has 2 N–H and O–H groups in total. The van der Waals surface area contributed by atoms with Gasteiger partial charge in [-0.15, -0.1) is 0 Å². The van der Waals surface area contributed by atoms with E-state index in [2.05, 4.69) is 44.1 Å². The van der Waals surface area contributed by atoms with Crippen LogP contribution in [-0.2, 0) is 11.2 Å². The lowest BCUT2D eigenvalue weighted by atomic mass is 10.1. The Balaban J connectivity index is 1.25. The fourth-order valence-corrected chi connectivity index (χ4v) is 4.09. The number of imidazole rings is 1. The van der Waals surface area contributed by atoms with E-state index in [1.807, 2.05) is 36.2 Å². The number of benzene rings is 2. The second kappa shape index (κ2) is 6.71. The van der Waals surface area contributed by atoms with E-state index in [0.29, 0.717) is 6.42 Å². The summed E-state index contributed by atoms with van der Waals surface area (Å²) in [7, 11) is 0. The van der Waals surface area contributed by atoms with E-state index in [0.717, 1.165) is 59.5 Å². The summed E-state index contributed by atoms with van der Waals surface area (Å²) in [4.78, 5) is 28.1. The number of rotatable bonds is 3. The Morgan fingerprint density at radius 3 is 2.75 bits per heavy atom. The summed E-state index contributed by atoms with van der Waals surface area (Å²) in [5.74, 6) is 1.13. The number of nitrogens with zero attached hydrogens (tertiary/aromatic N) is 3. The number of fused-ring (bicyclic) bond motifs is 2. The Bertz CT molecular complexity index is 1150. The highest BCUT2D eigenvalue weighted by atomic mass is 16.2. The van der Waals surface area contributed by atoms with Crippen molar-refractivity contribution in [1.82, 2.24) is 19.9 Å². The van der Waals surface area contributed by atoms with Gasteiger partial charge in [0.2, 0.25) is 5.91 Å². The van der Waals surface area contributed by atoms with Crippen molar-refractivity contribution < 1.29 is 4.79 Å². The number of carbonyl (C=O) groups excluding carboxylic acids is 1. The van der Waals surface area contributed by atoms with Gasteiger partial charge in [-0.1, -0.05) is 18.2 Å². The van der Waals surface area contributed by atoms with Crippen molar-refractivity contribution in [1.29, 1.82) is 0 Å². The van der Waals surface area contributed by atoms with Crippen LogP contribution in [0.1, 0.15) is 11.4 Å². The van der Waals surface area contributed by atoms with Crippen LogP contribution in [0.4, 0.5) is 5.69 Å². The molecule has 0 saturated carbocycles. The molecule has 3 heterocycles. The van der Waals surface area contributed by atoms with Gasteiger partial charge in [0.25, 0.3) is 0 Å². The lowest BCUT2D eigenvalue weighted by Gasteiger charge is -2.36. The van der Waals surface area contributed by atoms with Crippen LogP contribution >= 0.6 is 0 Å². The number of amides is 1. The van der Waals surface area contributed by atoms with Gasteiger partial charge in [0, 0.05) is 49.0 Å². The second-order valence-corrected chi connectivity index (χ2v) is 7.43. The molecule has 0 unspecified atom stereocenters. The molecule has 1 amide bonds. The number of piperazine rings is 1. The Morgan fingerprint density at radius 1 is 1.07 bits per heavy atom. The van der Waals surface area contributed by atoms with Crippen LogP contribution in [0, 0.1) is 6.92 Å². The number of hydrogen-bond donors (Lipinski definition) is 2. The normalized spacial score (nSPS) is 14.9. The molecular weight excluding hydrogens is 350 g/mol. The van der Waals surface area contributed by atoms with Crippen LogP contribution in [0.25, 0.3) is 21.9 Å². The zero-order valence-electron chi connectivity index (χ0n) is 15.9. The standard InChI is InChI=1S/C22H23N5O/c1-15-24-20-7-6-17(13-21(20)25-15)26-8-10-27(11-9-26)22(28)12-16-14-23-19-5-3-2-4-18(16)19/h2-7,13-14,23H,8-12H2,1H3,(H,24,25). The molecule has 2 aromatic carbocycles. The van der Waals surface area contributed by atoms with Crippen LogP contribution in [-0.4, -0.2) is 51.9 Å². The van der Waals surface area contributed by atoms with E-state index in [9.17, 15) is 4.79 Å². The minimum atomic E-state index is 0.198. The quantitative estimate of drug-likeness (QED) is 0.579. The summed E-state index contributed by atoms with van der Waals surface area (Å²) in [5.41, 5.74) is 5.39. The fourth-order valence-electron chi connectivity index (χ4n) is 4.09. The lowest BCUT2D eigenvalue weighted by Crippen LogP contribution is -2.49. The molecule has 1 fully saturated rings. The molecule has 5 rings (SSSR count). The maximum atomic E-state index is 12.8. The second-order valence-electron chi connectivity index (χ2n) is 7.43. The topological polar surface area (TPSA) is 68.0 Å². The van der Waals surface area contributed by atoms with Crippen LogP contribution in [0.2, 0.25) is 0 Å². The maximum absolute atomic E-state index is 12.8. The zero-order chi connectivity index (χ0) is 19.1. The number of para-hydroxylation sites is 1. The smallest absolute Gasteiger partial charge is 0.227 e. The Kier molecular flexibility index (Phi) is 4.04. The Morgan fingerprint density at radius 2 is 1.89 bits per heavy atom. The number of aryl methyl sites for hydroxylation is 1. The molecule has 1 aliphatic heterocycles.